The largest absolute Gasteiger partial charge is 0.504 e. The molecule has 2 aromatic rings. The number of amides is 1. The molecule has 6 nitrogen and oxygen atoms in total. The number of rotatable bonds is 3. The summed E-state index contributed by atoms with van der Waals surface area (Å²) in [6, 6.07) is 13.9. The molecule has 30 heavy (non-hydrogen) atoms. The van der Waals surface area contributed by atoms with Crippen LogP contribution >= 0.6 is 0 Å². The maximum atomic E-state index is 11.8. The van der Waals surface area contributed by atoms with E-state index in [1.807, 2.05) is 17.0 Å². The van der Waals surface area contributed by atoms with Gasteiger partial charge < -0.3 is 14.7 Å². The highest BCUT2D eigenvalue weighted by molar-refractivity contribution is 6.01. The standard InChI is InChI=1S/C24H29N3O3/c1-16-7-9-18(10-8-16)20-15-21(19-5-4-6-22(30-3)23(19)29)26-24(25-20)11-13-27(14-12-24)17(2)28/h4-10,21,26,29H,11-15H2,1-3H3. The molecule has 1 spiro atoms. The molecule has 0 radical (unpaired) electrons. The lowest BCUT2D eigenvalue weighted by Crippen LogP contribution is -2.56. The number of aliphatic imine (C=N–C) groups is 1. The number of para-hydroxylation sites is 1. The van der Waals surface area contributed by atoms with Gasteiger partial charge in [0.15, 0.2) is 11.5 Å². The number of aromatic hydroxyl groups is 1. The van der Waals surface area contributed by atoms with Crippen LogP contribution in [0.3, 0.4) is 0 Å². The number of likely N-dealkylation sites (tertiary alicyclic amines) is 1. The molecular weight excluding hydrogens is 378 g/mol. The van der Waals surface area contributed by atoms with Gasteiger partial charge in [0.25, 0.3) is 0 Å². The number of nitrogens with one attached hydrogen (secondary N) is 1. The van der Waals surface area contributed by atoms with Gasteiger partial charge in [0.1, 0.15) is 5.66 Å². The van der Waals surface area contributed by atoms with Crippen LogP contribution in [0, 0.1) is 6.92 Å². The number of methoxy groups -OCH3 is 1. The molecule has 1 unspecified atom stereocenters. The third-order valence-electron chi connectivity index (χ3n) is 6.24. The van der Waals surface area contributed by atoms with Crippen LogP contribution < -0.4 is 10.1 Å². The van der Waals surface area contributed by atoms with Gasteiger partial charge in [-0.15, -0.1) is 0 Å². The molecule has 0 bridgehead atoms. The number of hydrogen-bond acceptors (Lipinski definition) is 5. The van der Waals surface area contributed by atoms with Gasteiger partial charge in [-0.25, -0.2) is 0 Å². The second kappa shape index (κ2) is 8.11. The molecule has 1 saturated heterocycles. The van der Waals surface area contributed by atoms with E-state index in [1.165, 1.54) is 5.56 Å². The zero-order valence-electron chi connectivity index (χ0n) is 17.8. The summed E-state index contributed by atoms with van der Waals surface area (Å²) >= 11 is 0. The molecule has 158 valence electrons. The van der Waals surface area contributed by atoms with Crippen molar-refractivity contribution in [1.29, 1.82) is 0 Å². The number of phenols is 1. The maximum absolute atomic E-state index is 11.8. The van der Waals surface area contributed by atoms with Crippen molar-refractivity contribution in [1.82, 2.24) is 10.2 Å². The first-order chi connectivity index (χ1) is 14.4. The predicted octanol–water partition coefficient (Wildman–Crippen LogP) is 3.57. The van der Waals surface area contributed by atoms with Crippen LogP contribution in [-0.4, -0.2) is 47.5 Å². The molecule has 1 fully saturated rings. The van der Waals surface area contributed by atoms with Crippen molar-refractivity contribution in [2.24, 2.45) is 4.99 Å². The molecule has 2 aliphatic rings. The first-order valence-electron chi connectivity index (χ1n) is 10.5. The molecule has 2 aromatic carbocycles. The minimum absolute atomic E-state index is 0.0993. The van der Waals surface area contributed by atoms with Crippen LogP contribution in [0.25, 0.3) is 0 Å². The number of carbonyl (C=O) groups is 1. The van der Waals surface area contributed by atoms with Crippen molar-refractivity contribution in [2.75, 3.05) is 20.2 Å². The Morgan fingerprint density at radius 2 is 1.90 bits per heavy atom. The second-order valence-corrected chi connectivity index (χ2v) is 8.26. The normalized spacial score (nSPS) is 20.7. The molecule has 6 heteroatoms. The number of ether oxygens (including phenoxy) is 1. The van der Waals surface area contributed by atoms with Gasteiger partial charge in [-0.2, -0.15) is 0 Å². The quantitative estimate of drug-likeness (QED) is 0.816. The van der Waals surface area contributed by atoms with E-state index in [1.54, 1.807) is 20.1 Å². The van der Waals surface area contributed by atoms with Gasteiger partial charge >= 0.3 is 0 Å². The van der Waals surface area contributed by atoms with Gasteiger partial charge in [0.05, 0.1) is 7.11 Å². The molecule has 2 N–H and O–H groups in total. The van der Waals surface area contributed by atoms with Crippen LogP contribution in [0.15, 0.2) is 47.5 Å². The lowest BCUT2D eigenvalue weighted by molar-refractivity contribution is -0.130. The Hall–Kier alpha value is -2.86. The molecule has 0 saturated carbocycles. The fourth-order valence-electron chi connectivity index (χ4n) is 4.45. The zero-order chi connectivity index (χ0) is 21.3. The maximum Gasteiger partial charge on any atom is 0.219 e. The molecule has 1 atom stereocenters. The van der Waals surface area contributed by atoms with Crippen LogP contribution in [0.2, 0.25) is 0 Å². The number of aryl methyl sites for hydroxylation is 1. The van der Waals surface area contributed by atoms with Gasteiger partial charge in [-0.1, -0.05) is 42.0 Å². The third-order valence-corrected chi connectivity index (χ3v) is 6.24. The molecule has 4 rings (SSSR count). The number of phenolic OH excluding ortho intramolecular Hbond substituents is 1. The number of hydrogen-bond donors (Lipinski definition) is 2. The summed E-state index contributed by atoms with van der Waals surface area (Å²) < 4.78 is 5.33. The summed E-state index contributed by atoms with van der Waals surface area (Å²) in [7, 11) is 1.56. The summed E-state index contributed by atoms with van der Waals surface area (Å²) in [4.78, 5) is 18.9. The Morgan fingerprint density at radius 3 is 2.53 bits per heavy atom. The predicted molar refractivity (Wildman–Crippen MR) is 117 cm³/mol. The van der Waals surface area contributed by atoms with Crippen LogP contribution in [0.4, 0.5) is 0 Å². The summed E-state index contributed by atoms with van der Waals surface area (Å²) in [5.74, 6) is 0.735. The van der Waals surface area contributed by atoms with Crippen molar-refractivity contribution >= 4 is 11.6 Å². The van der Waals surface area contributed by atoms with Crippen molar-refractivity contribution in [3.8, 4) is 11.5 Å². The minimum Gasteiger partial charge on any atom is -0.504 e. The Bertz CT molecular complexity index is 960. The first kappa shape index (κ1) is 20.4. The van der Waals surface area contributed by atoms with Crippen molar-refractivity contribution < 1.29 is 14.6 Å². The van der Waals surface area contributed by atoms with Gasteiger partial charge in [-0.05, 0) is 18.6 Å². The monoisotopic (exact) mass is 407 g/mol. The van der Waals surface area contributed by atoms with Crippen molar-refractivity contribution in [2.45, 2.75) is 44.8 Å². The highest BCUT2D eigenvalue weighted by Crippen LogP contribution is 2.40. The molecule has 0 aliphatic carbocycles. The fourth-order valence-corrected chi connectivity index (χ4v) is 4.45. The highest BCUT2D eigenvalue weighted by Gasteiger charge is 2.41. The van der Waals surface area contributed by atoms with E-state index >= 15 is 0 Å². The van der Waals surface area contributed by atoms with E-state index in [9.17, 15) is 9.90 Å². The van der Waals surface area contributed by atoms with E-state index in [0.29, 0.717) is 25.3 Å². The zero-order valence-corrected chi connectivity index (χ0v) is 17.8. The van der Waals surface area contributed by atoms with Crippen LogP contribution in [-0.2, 0) is 4.79 Å². The Labute approximate surface area is 177 Å². The Morgan fingerprint density at radius 1 is 1.20 bits per heavy atom. The summed E-state index contributed by atoms with van der Waals surface area (Å²) in [5, 5.41) is 14.5. The second-order valence-electron chi connectivity index (χ2n) is 8.26. The number of benzene rings is 2. The number of carbonyl (C=O) groups excluding carboxylic acids is 1. The van der Waals surface area contributed by atoms with E-state index in [4.69, 9.17) is 9.73 Å². The van der Waals surface area contributed by atoms with Gasteiger partial charge in [0, 0.05) is 56.6 Å². The first-order valence-corrected chi connectivity index (χ1v) is 10.5. The van der Waals surface area contributed by atoms with Gasteiger partial charge in [0.2, 0.25) is 5.91 Å². The van der Waals surface area contributed by atoms with E-state index in [0.717, 1.165) is 29.7 Å². The van der Waals surface area contributed by atoms with Crippen LogP contribution in [0.5, 0.6) is 11.5 Å². The Balaban J connectivity index is 1.72. The SMILES string of the molecule is COc1cccc(C2CC(c3ccc(C)cc3)=NC3(CCN(C(C)=O)CC3)N2)c1O. The Kier molecular flexibility index (Phi) is 5.52. The average Bonchev–Trinajstić information content (AvgIpc) is 2.74. The van der Waals surface area contributed by atoms with E-state index in [-0.39, 0.29) is 17.7 Å². The van der Waals surface area contributed by atoms with E-state index in [2.05, 4.69) is 36.5 Å². The summed E-state index contributed by atoms with van der Waals surface area (Å²) in [6.07, 6.45) is 2.15. The fraction of sp³-hybridized carbons (Fsp3) is 0.417. The molecule has 2 aliphatic heterocycles. The van der Waals surface area contributed by atoms with Crippen LogP contribution in [0.1, 0.15) is 48.9 Å². The third kappa shape index (κ3) is 3.92. The lowest BCUT2D eigenvalue weighted by Gasteiger charge is -2.45. The average molecular weight is 408 g/mol. The van der Waals surface area contributed by atoms with Crippen molar-refractivity contribution in [3.63, 3.8) is 0 Å². The number of nitrogens with zero attached hydrogens (tertiary/aromatic N) is 2. The molecule has 1 amide bonds. The molecular formula is C24H29N3O3. The molecule has 2 heterocycles. The summed E-state index contributed by atoms with van der Waals surface area (Å²) in [5.41, 5.74) is 3.69. The minimum atomic E-state index is -0.454. The highest BCUT2D eigenvalue weighted by atomic mass is 16.5. The molecule has 0 aromatic heterocycles. The topological polar surface area (TPSA) is 74.2 Å². The number of piperidine rings is 1. The van der Waals surface area contributed by atoms with Gasteiger partial charge in [-0.3, -0.25) is 15.1 Å². The lowest BCUT2D eigenvalue weighted by atomic mass is 9.87. The van der Waals surface area contributed by atoms with E-state index < -0.39 is 5.66 Å². The summed E-state index contributed by atoms with van der Waals surface area (Å²) in [6.45, 7) is 5.03. The van der Waals surface area contributed by atoms with Crippen molar-refractivity contribution in [3.05, 3.63) is 59.2 Å². The smallest absolute Gasteiger partial charge is 0.219 e.